The van der Waals surface area contributed by atoms with Gasteiger partial charge in [-0.3, -0.25) is 4.68 Å². The number of aromatic carboxylic acids is 1. The van der Waals surface area contributed by atoms with Gasteiger partial charge in [-0.1, -0.05) is 6.92 Å². The quantitative estimate of drug-likeness (QED) is 0.636. The Kier molecular flexibility index (Phi) is 5.11. The number of aromatic nitrogens is 2. The van der Waals surface area contributed by atoms with Crippen molar-refractivity contribution in [2.45, 2.75) is 19.9 Å². The monoisotopic (exact) mass is 241 g/mol. The van der Waals surface area contributed by atoms with Gasteiger partial charge in [-0.05, 0) is 18.9 Å². The lowest BCUT2D eigenvalue weighted by Gasteiger charge is -2.11. The Morgan fingerprint density at radius 2 is 2.35 bits per heavy atom. The summed E-state index contributed by atoms with van der Waals surface area (Å²) >= 11 is 0. The number of aryl methyl sites for hydroxylation is 1. The van der Waals surface area contributed by atoms with Crippen molar-refractivity contribution >= 4 is 5.97 Å². The summed E-state index contributed by atoms with van der Waals surface area (Å²) in [6.45, 7) is 3.41. The van der Waals surface area contributed by atoms with Gasteiger partial charge in [0.1, 0.15) is 5.56 Å². The number of carboxylic acid groups (broad SMARTS) is 1. The normalized spacial score (nSPS) is 12.6. The third kappa shape index (κ3) is 3.83. The number of aliphatic hydroxyl groups excluding tert-OH is 1. The summed E-state index contributed by atoms with van der Waals surface area (Å²) < 4.78 is 1.56. The Morgan fingerprint density at radius 1 is 1.65 bits per heavy atom. The van der Waals surface area contributed by atoms with Crippen molar-refractivity contribution < 1.29 is 15.0 Å². The third-order valence-corrected chi connectivity index (χ3v) is 2.70. The molecular weight excluding hydrogens is 222 g/mol. The first-order valence-electron chi connectivity index (χ1n) is 5.62. The van der Waals surface area contributed by atoms with Gasteiger partial charge in [-0.2, -0.15) is 5.10 Å². The van der Waals surface area contributed by atoms with Gasteiger partial charge in [0.25, 0.3) is 0 Å². The van der Waals surface area contributed by atoms with Crippen LogP contribution in [0.15, 0.2) is 6.20 Å². The molecule has 0 aliphatic carbocycles. The third-order valence-electron chi connectivity index (χ3n) is 2.70. The average molecular weight is 241 g/mol. The van der Waals surface area contributed by atoms with Gasteiger partial charge in [-0.15, -0.1) is 0 Å². The molecule has 0 amide bonds. The molecule has 3 N–H and O–H groups in total. The lowest BCUT2D eigenvalue weighted by molar-refractivity contribution is 0.0695. The summed E-state index contributed by atoms with van der Waals surface area (Å²) in [7, 11) is 1.72. The molecule has 0 aliphatic heterocycles. The predicted octanol–water partition coefficient (Wildman–Crippen LogP) is 0.226. The van der Waals surface area contributed by atoms with Gasteiger partial charge < -0.3 is 15.5 Å². The summed E-state index contributed by atoms with van der Waals surface area (Å²) in [5.41, 5.74) is 0.892. The molecule has 6 heteroatoms. The van der Waals surface area contributed by atoms with Crippen LogP contribution in [0.5, 0.6) is 0 Å². The molecule has 96 valence electrons. The Morgan fingerprint density at radius 3 is 2.94 bits per heavy atom. The van der Waals surface area contributed by atoms with Crippen molar-refractivity contribution in [1.82, 2.24) is 15.1 Å². The fraction of sp³-hybridized carbons (Fsp3) is 0.636. The van der Waals surface area contributed by atoms with Crippen molar-refractivity contribution in [2.75, 3.05) is 13.2 Å². The van der Waals surface area contributed by atoms with Crippen LogP contribution in [-0.2, 0) is 13.6 Å². The fourth-order valence-electron chi connectivity index (χ4n) is 1.61. The van der Waals surface area contributed by atoms with Crippen LogP contribution in [0.3, 0.4) is 0 Å². The molecule has 0 aliphatic rings. The zero-order valence-electron chi connectivity index (χ0n) is 10.2. The van der Waals surface area contributed by atoms with Crippen LogP contribution >= 0.6 is 0 Å². The molecule has 0 aromatic carbocycles. The molecule has 0 bridgehead atoms. The number of hydrogen-bond donors (Lipinski definition) is 3. The first kappa shape index (κ1) is 13.7. The number of rotatable bonds is 7. The Bertz CT molecular complexity index is 376. The van der Waals surface area contributed by atoms with Crippen LogP contribution in [0.4, 0.5) is 0 Å². The van der Waals surface area contributed by atoms with Crippen molar-refractivity contribution in [3.63, 3.8) is 0 Å². The number of aliphatic hydroxyl groups is 1. The molecule has 1 aromatic heterocycles. The zero-order valence-corrected chi connectivity index (χ0v) is 10.2. The summed E-state index contributed by atoms with van der Waals surface area (Å²) in [5.74, 6) is -0.597. The average Bonchev–Trinajstić information content (AvgIpc) is 2.61. The molecule has 1 aromatic rings. The molecule has 1 rings (SSSR count). The highest BCUT2D eigenvalue weighted by Crippen LogP contribution is 2.07. The maximum Gasteiger partial charge on any atom is 0.339 e. The van der Waals surface area contributed by atoms with E-state index in [1.54, 1.807) is 11.7 Å². The van der Waals surface area contributed by atoms with Crippen LogP contribution in [0.2, 0.25) is 0 Å². The van der Waals surface area contributed by atoms with E-state index in [0.717, 1.165) is 13.0 Å². The summed E-state index contributed by atoms with van der Waals surface area (Å²) in [4.78, 5) is 10.9. The Labute approximate surface area is 100 Å². The number of carboxylic acids is 1. The lowest BCUT2D eigenvalue weighted by Crippen LogP contribution is -2.23. The van der Waals surface area contributed by atoms with Gasteiger partial charge in [0.15, 0.2) is 0 Å². The molecule has 0 fully saturated rings. The minimum atomic E-state index is -0.960. The number of hydrogen-bond acceptors (Lipinski definition) is 4. The molecule has 1 unspecified atom stereocenters. The van der Waals surface area contributed by atoms with Crippen LogP contribution in [-0.4, -0.2) is 39.1 Å². The van der Waals surface area contributed by atoms with E-state index >= 15 is 0 Å². The summed E-state index contributed by atoms with van der Waals surface area (Å²) in [5, 5.41) is 24.8. The van der Waals surface area contributed by atoms with Gasteiger partial charge in [-0.25, -0.2) is 4.79 Å². The molecule has 1 heterocycles. The molecule has 17 heavy (non-hydrogen) atoms. The highest BCUT2D eigenvalue weighted by atomic mass is 16.4. The molecule has 0 saturated carbocycles. The first-order valence-corrected chi connectivity index (χ1v) is 5.62. The molecule has 0 spiro atoms. The van der Waals surface area contributed by atoms with Crippen molar-refractivity contribution in [3.8, 4) is 0 Å². The Hall–Kier alpha value is -1.40. The minimum Gasteiger partial charge on any atom is -0.478 e. The number of nitrogens with zero attached hydrogens (tertiary/aromatic N) is 2. The summed E-state index contributed by atoms with van der Waals surface area (Å²) in [6, 6.07) is 0. The lowest BCUT2D eigenvalue weighted by atomic mass is 10.1. The van der Waals surface area contributed by atoms with E-state index < -0.39 is 5.97 Å². The standard InChI is InChI=1S/C11H19N3O3/c1-8(3-4-15)5-12-7-10-9(11(16)17)6-13-14(10)2/h6,8,12,15H,3-5,7H2,1-2H3,(H,16,17). The second-order valence-corrected chi connectivity index (χ2v) is 4.18. The van der Waals surface area contributed by atoms with Gasteiger partial charge >= 0.3 is 5.97 Å². The van der Waals surface area contributed by atoms with Crippen molar-refractivity contribution in [2.24, 2.45) is 13.0 Å². The van der Waals surface area contributed by atoms with Gasteiger partial charge in [0, 0.05) is 20.2 Å². The molecular formula is C11H19N3O3. The van der Waals surface area contributed by atoms with Crippen molar-refractivity contribution in [3.05, 3.63) is 17.5 Å². The van der Waals surface area contributed by atoms with E-state index in [1.807, 2.05) is 6.92 Å². The summed E-state index contributed by atoms with van der Waals surface area (Å²) in [6.07, 6.45) is 2.10. The minimum absolute atomic E-state index is 0.176. The molecule has 0 radical (unpaired) electrons. The van der Waals surface area contributed by atoms with Crippen LogP contribution in [0, 0.1) is 5.92 Å². The fourth-order valence-corrected chi connectivity index (χ4v) is 1.61. The molecule has 6 nitrogen and oxygen atoms in total. The number of nitrogens with one attached hydrogen (secondary N) is 1. The van der Waals surface area contributed by atoms with E-state index in [0.29, 0.717) is 18.2 Å². The predicted molar refractivity (Wildman–Crippen MR) is 62.7 cm³/mol. The van der Waals surface area contributed by atoms with Crippen LogP contribution < -0.4 is 5.32 Å². The zero-order chi connectivity index (χ0) is 12.8. The van der Waals surface area contributed by atoms with E-state index in [9.17, 15) is 4.79 Å². The highest BCUT2D eigenvalue weighted by Gasteiger charge is 2.14. The molecule has 1 atom stereocenters. The smallest absolute Gasteiger partial charge is 0.339 e. The van der Waals surface area contributed by atoms with E-state index in [4.69, 9.17) is 10.2 Å². The first-order chi connectivity index (χ1) is 8.06. The Balaban J connectivity index is 2.51. The van der Waals surface area contributed by atoms with Crippen molar-refractivity contribution in [1.29, 1.82) is 0 Å². The maximum absolute atomic E-state index is 10.9. The largest absolute Gasteiger partial charge is 0.478 e. The van der Waals surface area contributed by atoms with Gasteiger partial charge in [0.2, 0.25) is 0 Å². The highest BCUT2D eigenvalue weighted by molar-refractivity contribution is 5.88. The van der Waals surface area contributed by atoms with Crippen LogP contribution in [0.25, 0.3) is 0 Å². The second-order valence-electron chi connectivity index (χ2n) is 4.18. The van der Waals surface area contributed by atoms with Gasteiger partial charge in [0.05, 0.1) is 11.9 Å². The second kappa shape index (κ2) is 6.36. The maximum atomic E-state index is 10.9. The molecule has 0 saturated heterocycles. The topological polar surface area (TPSA) is 87.4 Å². The SMILES string of the molecule is CC(CCO)CNCc1c(C(=O)O)cnn1C. The number of carbonyl (C=O) groups is 1. The van der Waals surface area contributed by atoms with E-state index in [-0.39, 0.29) is 12.2 Å². The van der Waals surface area contributed by atoms with E-state index in [1.165, 1.54) is 6.20 Å². The van der Waals surface area contributed by atoms with Crippen LogP contribution in [0.1, 0.15) is 29.4 Å². The van der Waals surface area contributed by atoms with E-state index in [2.05, 4.69) is 10.4 Å².